The predicted octanol–water partition coefficient (Wildman–Crippen LogP) is 1.53. The van der Waals surface area contributed by atoms with Crippen molar-refractivity contribution in [3.63, 3.8) is 0 Å². The molecule has 0 spiro atoms. The second kappa shape index (κ2) is 9.11. The molecule has 0 unspecified atom stereocenters. The van der Waals surface area contributed by atoms with Crippen LogP contribution in [0.5, 0.6) is 0 Å². The molecule has 0 aromatic carbocycles. The van der Waals surface area contributed by atoms with E-state index in [1.54, 1.807) is 0 Å². The summed E-state index contributed by atoms with van der Waals surface area (Å²) in [4.78, 5) is 29.4. The van der Waals surface area contributed by atoms with Gasteiger partial charge in [-0.1, -0.05) is 0 Å². The Hall–Kier alpha value is -0.129. The standard InChI is InChI=1S/C7H7N2O4.6CH3.Pb.Sn/c1-12-6(10)4-3-8-9-5(4)7(11)13-2;;;;;;;;/h1-2H3,(H,8,9,10,11);6*1H3;;/p-1. The predicted molar refractivity (Wildman–Crippen MR) is 86.6 cm³/mol. The molecule has 8 heteroatoms. The van der Waals surface area contributed by atoms with Crippen LogP contribution in [0.15, 0.2) is 0 Å². The summed E-state index contributed by atoms with van der Waals surface area (Å²) in [6, 6.07) is 0. The van der Waals surface area contributed by atoms with Gasteiger partial charge < -0.3 is 0 Å². The minimum atomic E-state index is -2.63. The zero-order valence-electron chi connectivity index (χ0n) is 14.0. The summed E-state index contributed by atoms with van der Waals surface area (Å²) < 4.78 is 17.0. The summed E-state index contributed by atoms with van der Waals surface area (Å²) in [5.74, 6) is -1.25. The third-order valence-electron chi connectivity index (χ3n) is 2.20. The second-order valence-electron chi connectivity index (χ2n) is 6.01. The Balaban J connectivity index is 0.000000885. The average Bonchev–Trinajstić information content (AvgIpc) is 2.80. The van der Waals surface area contributed by atoms with Crippen LogP contribution in [-0.4, -0.2) is 72.3 Å². The molecule has 0 fully saturated rings. The van der Waals surface area contributed by atoms with Gasteiger partial charge in [0.05, 0.1) is 0 Å². The van der Waals surface area contributed by atoms with Gasteiger partial charge in [0.2, 0.25) is 0 Å². The van der Waals surface area contributed by atoms with Gasteiger partial charge in [-0.15, -0.1) is 0 Å². The van der Waals surface area contributed by atoms with Crippen molar-refractivity contribution in [2.45, 2.75) is 28.3 Å². The van der Waals surface area contributed by atoms with E-state index < -0.39 is 53.0 Å². The van der Waals surface area contributed by atoms with Crippen molar-refractivity contribution < 1.29 is 19.1 Å². The van der Waals surface area contributed by atoms with Gasteiger partial charge in [-0.2, -0.15) is 0 Å². The number of ether oxygens (including phenoxy) is 2. The Labute approximate surface area is 139 Å². The van der Waals surface area contributed by atoms with E-state index in [9.17, 15) is 9.59 Å². The third kappa shape index (κ3) is 6.66. The first-order valence-electron chi connectivity index (χ1n) is 6.53. The molecule has 1 aromatic heterocycles. The maximum atomic E-state index is 11.7. The van der Waals surface area contributed by atoms with Gasteiger partial charge in [-0.3, -0.25) is 0 Å². The first-order chi connectivity index (χ1) is 9.56. The van der Waals surface area contributed by atoms with Crippen LogP contribution < -0.4 is 8.81 Å². The van der Waals surface area contributed by atoms with Crippen LogP contribution in [0.4, 0.5) is 0 Å². The van der Waals surface area contributed by atoms with Gasteiger partial charge in [-0.05, 0) is 0 Å². The molecule has 0 amide bonds. The van der Waals surface area contributed by atoms with E-state index in [2.05, 4.69) is 47.9 Å². The molecule has 0 aliphatic rings. The molecule has 1 radical (unpaired) electrons. The number of carbonyl (C=O) groups is 2. The summed E-state index contributed by atoms with van der Waals surface area (Å²) in [6.07, 6.45) is 0. The molecule has 1 aromatic rings. The third-order valence-corrected chi connectivity index (χ3v) is 7.26. The summed E-state index contributed by atoms with van der Waals surface area (Å²) in [5, 5.41) is 7.72. The number of nitrogens with zero attached hydrogens (tertiary/aromatic N) is 2. The van der Waals surface area contributed by atoms with Crippen LogP contribution in [0.3, 0.4) is 0 Å². The molecule has 0 N–H and O–H groups in total. The van der Waals surface area contributed by atoms with E-state index in [0.717, 1.165) is 0 Å². The van der Waals surface area contributed by atoms with Gasteiger partial charge in [0, 0.05) is 0 Å². The summed E-state index contributed by atoms with van der Waals surface area (Å²) in [6.45, 7) is 0. The number of esters is 2. The number of carbonyl (C=O) groups excluding carboxylic acids is 2. The fourth-order valence-corrected chi connectivity index (χ4v) is 5.14. The van der Waals surface area contributed by atoms with Crippen LogP contribution in [0.25, 0.3) is 0 Å². The first kappa shape index (κ1) is 20.9. The molecule has 119 valence electrons. The molecular weight excluding hydrogens is 574 g/mol. The quantitative estimate of drug-likeness (QED) is 0.388. The molecular formula is C13H24N2O4PbSn-. The van der Waals surface area contributed by atoms with E-state index in [-0.39, 0.29) is 11.3 Å². The molecule has 0 bridgehead atoms. The minimum absolute atomic E-state index is 0.0547. The van der Waals surface area contributed by atoms with Crippen molar-refractivity contribution >= 4 is 56.7 Å². The molecule has 0 atom stereocenters. The van der Waals surface area contributed by atoms with Gasteiger partial charge >= 0.3 is 140 Å². The number of hydrogen-bond acceptors (Lipinski definition) is 5. The number of hydrogen-bond donors (Lipinski definition) is 0. The molecule has 0 aliphatic heterocycles. The molecule has 0 saturated carbocycles. The molecule has 1 heterocycles. The van der Waals surface area contributed by atoms with Crippen molar-refractivity contribution in [3.05, 3.63) is 11.3 Å². The van der Waals surface area contributed by atoms with E-state index in [1.165, 1.54) is 14.2 Å². The summed E-state index contributed by atoms with van der Waals surface area (Å²) in [7, 11) is 2.50. The van der Waals surface area contributed by atoms with Crippen molar-refractivity contribution in [3.8, 4) is 0 Å². The van der Waals surface area contributed by atoms with E-state index >= 15 is 0 Å². The molecule has 1 rings (SSSR count). The Morgan fingerprint density at radius 3 is 1.81 bits per heavy atom. The second-order valence-corrected chi connectivity index (χ2v) is 31.9. The molecule has 6 nitrogen and oxygen atoms in total. The Kier molecular flexibility index (Phi) is 9.05. The van der Waals surface area contributed by atoms with Crippen molar-refractivity contribution in [2.24, 2.45) is 0 Å². The van der Waals surface area contributed by atoms with Gasteiger partial charge in [0.15, 0.2) is 0 Å². The van der Waals surface area contributed by atoms with E-state index in [4.69, 9.17) is 0 Å². The van der Waals surface area contributed by atoms with Crippen LogP contribution >= 0.6 is 0 Å². The zero-order chi connectivity index (χ0) is 16.8. The Bertz CT molecular complexity index is 492. The SMILES string of the molecule is COC(=O)c1[n-]n[c]([Sn]([CH3])([CH3])[CH3])c1C(=O)OC.[CH3][Pb]([CH3])[CH3]. The fraction of sp³-hybridized carbons (Fsp3) is 0.615. The summed E-state index contributed by atoms with van der Waals surface area (Å²) >= 11 is -3.28. The van der Waals surface area contributed by atoms with Crippen LogP contribution in [0.1, 0.15) is 20.8 Å². The van der Waals surface area contributed by atoms with Crippen LogP contribution in [-0.2, 0) is 9.47 Å². The first-order valence-corrected chi connectivity index (χ1v) is 28.2. The monoisotopic (exact) mass is 600 g/mol. The Morgan fingerprint density at radius 1 is 1.05 bits per heavy atom. The maximum absolute atomic E-state index is 11.7. The topological polar surface area (TPSA) is 79.6 Å². The molecule has 21 heavy (non-hydrogen) atoms. The van der Waals surface area contributed by atoms with Gasteiger partial charge in [0.1, 0.15) is 0 Å². The molecule has 0 aliphatic carbocycles. The van der Waals surface area contributed by atoms with Crippen molar-refractivity contribution in [2.75, 3.05) is 14.2 Å². The number of rotatable bonds is 3. The molecule has 0 saturated heterocycles. The van der Waals surface area contributed by atoms with Gasteiger partial charge in [0.25, 0.3) is 0 Å². The zero-order valence-corrected chi connectivity index (χ0v) is 20.8. The number of methoxy groups -OCH3 is 2. The Morgan fingerprint density at radius 2 is 1.48 bits per heavy atom. The van der Waals surface area contributed by atoms with Crippen LogP contribution in [0, 0.1) is 0 Å². The normalized spacial score (nSPS) is 10.7. The van der Waals surface area contributed by atoms with Gasteiger partial charge in [-0.25, -0.2) is 0 Å². The average molecular weight is 598 g/mol. The van der Waals surface area contributed by atoms with Crippen molar-refractivity contribution in [1.29, 1.82) is 0 Å². The van der Waals surface area contributed by atoms with Crippen molar-refractivity contribution in [1.82, 2.24) is 10.2 Å². The number of aromatic nitrogens is 2. The van der Waals surface area contributed by atoms with E-state index in [0.29, 0.717) is 3.71 Å². The van der Waals surface area contributed by atoms with Crippen LogP contribution in [0.2, 0.25) is 28.3 Å². The summed E-state index contributed by atoms with van der Waals surface area (Å²) in [5.41, 5.74) is 0.114. The van der Waals surface area contributed by atoms with E-state index in [1.807, 2.05) is 0 Å². The fourth-order valence-electron chi connectivity index (χ4n) is 1.37.